The zero-order valence-electron chi connectivity index (χ0n) is 18.4. The molecule has 1 unspecified atom stereocenters. The summed E-state index contributed by atoms with van der Waals surface area (Å²) in [5, 5.41) is 19.4. The smallest absolute Gasteiger partial charge is 0.230 e. The Morgan fingerprint density at radius 3 is 2.42 bits per heavy atom. The first kappa shape index (κ1) is 20.5. The number of aliphatic hydroxyl groups is 1. The largest absolute Gasteiger partial charge is 0.481 e. The number of nitrogens with zero attached hydrogens (tertiary/aromatic N) is 5. The molecule has 1 aliphatic carbocycles. The molecule has 3 atom stereocenters. The lowest BCUT2D eigenvalue weighted by atomic mass is 9.77. The number of nitrogens with one attached hydrogen (secondary N) is 2. The zero-order chi connectivity index (χ0) is 21.4. The second-order valence-corrected chi connectivity index (χ2v) is 9.16. The van der Waals surface area contributed by atoms with Crippen LogP contribution in [0, 0.1) is 0 Å². The third-order valence-corrected chi connectivity index (χ3v) is 7.32. The lowest BCUT2D eigenvalue weighted by Gasteiger charge is -2.55. The molecular formula is C22H33N7O2. The highest BCUT2D eigenvalue weighted by Gasteiger charge is 2.44. The van der Waals surface area contributed by atoms with Gasteiger partial charge in [0.1, 0.15) is 5.82 Å². The molecule has 3 aliphatic rings. The van der Waals surface area contributed by atoms with Crippen LogP contribution in [0.4, 0.5) is 17.6 Å². The Balaban J connectivity index is 1.34. The van der Waals surface area contributed by atoms with E-state index in [2.05, 4.69) is 37.3 Å². The van der Waals surface area contributed by atoms with Crippen LogP contribution in [-0.4, -0.2) is 68.5 Å². The number of methoxy groups -OCH3 is 1. The standard InChI is InChI=1S/C22H33N7O2/c1-28(18-10-16-7-4-8-17(11-18)29(16)15-5-3-6-15)22-24-19(12-21(25-22)31-2)23-20-9-14(13-30)26-27-20/h9,12,15-18,30H,3-8,10-11,13H2,1-2H3,(H2,23,24,25,26,27)/t16-,17+,18?. The third kappa shape index (κ3) is 4.08. The highest BCUT2D eigenvalue weighted by molar-refractivity contribution is 5.55. The number of ether oxygens (including phenoxy) is 1. The minimum Gasteiger partial charge on any atom is -0.481 e. The topological polar surface area (TPSA) is 102 Å². The minimum absolute atomic E-state index is 0.0857. The van der Waals surface area contributed by atoms with Crippen LogP contribution in [-0.2, 0) is 6.61 Å². The van der Waals surface area contributed by atoms with Gasteiger partial charge in [0, 0.05) is 43.3 Å². The van der Waals surface area contributed by atoms with E-state index >= 15 is 0 Å². The van der Waals surface area contributed by atoms with Gasteiger partial charge < -0.3 is 20.1 Å². The van der Waals surface area contributed by atoms with Crippen LogP contribution < -0.4 is 15.0 Å². The van der Waals surface area contributed by atoms with E-state index in [0.717, 1.165) is 6.04 Å². The van der Waals surface area contributed by atoms with Crippen LogP contribution >= 0.6 is 0 Å². The van der Waals surface area contributed by atoms with E-state index in [0.29, 0.717) is 47.3 Å². The van der Waals surface area contributed by atoms with Crippen molar-refractivity contribution in [1.82, 2.24) is 25.1 Å². The summed E-state index contributed by atoms with van der Waals surface area (Å²) in [4.78, 5) is 14.5. The summed E-state index contributed by atoms with van der Waals surface area (Å²) in [6, 6.07) is 6.15. The monoisotopic (exact) mass is 427 g/mol. The summed E-state index contributed by atoms with van der Waals surface area (Å²) >= 11 is 0. The Labute approximate surface area is 183 Å². The molecule has 2 saturated heterocycles. The van der Waals surface area contributed by atoms with Gasteiger partial charge in [-0.05, 0) is 38.5 Å². The van der Waals surface area contributed by atoms with Crippen LogP contribution in [0.5, 0.6) is 5.88 Å². The van der Waals surface area contributed by atoms with Gasteiger partial charge in [0.05, 0.1) is 19.4 Å². The summed E-state index contributed by atoms with van der Waals surface area (Å²) in [7, 11) is 3.73. The number of fused-ring (bicyclic) bond motifs is 2. The molecule has 4 heterocycles. The number of anilines is 3. The van der Waals surface area contributed by atoms with Crippen molar-refractivity contribution < 1.29 is 9.84 Å². The minimum atomic E-state index is -0.0857. The maximum atomic E-state index is 9.25. The van der Waals surface area contributed by atoms with Crippen molar-refractivity contribution in [3.05, 3.63) is 17.8 Å². The van der Waals surface area contributed by atoms with E-state index in [1.165, 1.54) is 51.4 Å². The maximum absolute atomic E-state index is 9.25. The van der Waals surface area contributed by atoms with Gasteiger partial charge >= 0.3 is 0 Å². The lowest BCUT2D eigenvalue weighted by molar-refractivity contribution is -0.0318. The molecule has 9 heteroatoms. The third-order valence-electron chi connectivity index (χ3n) is 7.32. The van der Waals surface area contributed by atoms with Crippen molar-refractivity contribution in [2.45, 2.75) is 82.1 Å². The average molecular weight is 428 g/mol. The summed E-state index contributed by atoms with van der Waals surface area (Å²) < 4.78 is 5.45. The highest BCUT2D eigenvalue weighted by atomic mass is 16.5. The number of piperidine rings is 2. The van der Waals surface area contributed by atoms with Gasteiger partial charge in [0.25, 0.3) is 0 Å². The molecule has 2 aliphatic heterocycles. The zero-order valence-corrected chi connectivity index (χ0v) is 18.4. The van der Waals surface area contributed by atoms with E-state index in [9.17, 15) is 5.11 Å². The number of hydrogen-bond donors (Lipinski definition) is 3. The molecule has 0 radical (unpaired) electrons. The van der Waals surface area contributed by atoms with Crippen molar-refractivity contribution in [2.75, 3.05) is 24.4 Å². The van der Waals surface area contributed by atoms with E-state index < -0.39 is 0 Å². The molecule has 2 bridgehead atoms. The molecule has 168 valence electrons. The molecule has 2 aromatic heterocycles. The fraction of sp³-hybridized carbons (Fsp3) is 0.682. The van der Waals surface area contributed by atoms with Gasteiger partial charge in [-0.3, -0.25) is 10.00 Å². The molecule has 5 rings (SSSR count). The van der Waals surface area contributed by atoms with Gasteiger partial charge in [0.15, 0.2) is 5.82 Å². The first-order valence-corrected chi connectivity index (χ1v) is 11.5. The maximum Gasteiger partial charge on any atom is 0.230 e. The van der Waals surface area contributed by atoms with Gasteiger partial charge in [-0.2, -0.15) is 15.1 Å². The van der Waals surface area contributed by atoms with Crippen LogP contribution in [0.3, 0.4) is 0 Å². The Morgan fingerprint density at radius 2 is 1.81 bits per heavy atom. The molecule has 1 saturated carbocycles. The average Bonchev–Trinajstić information content (AvgIpc) is 3.19. The summed E-state index contributed by atoms with van der Waals surface area (Å²) in [6.45, 7) is -0.0857. The number of rotatable bonds is 7. The first-order chi connectivity index (χ1) is 15.1. The van der Waals surface area contributed by atoms with E-state index in [1.807, 2.05) is 0 Å². The molecule has 0 amide bonds. The number of hydrogen-bond acceptors (Lipinski definition) is 8. The molecule has 9 nitrogen and oxygen atoms in total. The fourth-order valence-corrected chi connectivity index (χ4v) is 5.53. The van der Waals surface area contributed by atoms with Gasteiger partial charge in [-0.15, -0.1) is 0 Å². The Morgan fingerprint density at radius 1 is 1.10 bits per heavy atom. The van der Waals surface area contributed by atoms with Crippen molar-refractivity contribution in [2.24, 2.45) is 0 Å². The number of aromatic amines is 1. The van der Waals surface area contributed by atoms with Crippen molar-refractivity contribution in [3.63, 3.8) is 0 Å². The number of H-pyrrole nitrogens is 1. The second-order valence-electron chi connectivity index (χ2n) is 9.16. The molecule has 0 spiro atoms. The quantitative estimate of drug-likeness (QED) is 0.620. The van der Waals surface area contributed by atoms with Crippen LogP contribution in [0.1, 0.15) is 57.1 Å². The van der Waals surface area contributed by atoms with Gasteiger partial charge in [0.2, 0.25) is 11.8 Å². The molecule has 31 heavy (non-hydrogen) atoms. The summed E-state index contributed by atoms with van der Waals surface area (Å²) in [6.07, 6.45) is 10.5. The Kier molecular flexibility index (Phi) is 5.71. The predicted molar refractivity (Wildman–Crippen MR) is 119 cm³/mol. The van der Waals surface area contributed by atoms with E-state index in [4.69, 9.17) is 9.72 Å². The molecule has 2 aromatic rings. The van der Waals surface area contributed by atoms with E-state index in [1.54, 1.807) is 19.2 Å². The van der Waals surface area contributed by atoms with Crippen LogP contribution in [0.2, 0.25) is 0 Å². The summed E-state index contributed by atoms with van der Waals surface area (Å²) in [5.74, 6) is 2.41. The van der Waals surface area contributed by atoms with Crippen molar-refractivity contribution in [1.29, 1.82) is 0 Å². The van der Waals surface area contributed by atoms with Crippen molar-refractivity contribution >= 4 is 17.6 Å². The molecule has 3 N–H and O–H groups in total. The van der Waals surface area contributed by atoms with E-state index in [-0.39, 0.29) is 6.61 Å². The highest BCUT2D eigenvalue weighted by Crippen LogP contribution is 2.42. The second kappa shape index (κ2) is 8.63. The van der Waals surface area contributed by atoms with Crippen LogP contribution in [0.15, 0.2) is 12.1 Å². The Bertz CT molecular complexity index is 886. The van der Waals surface area contributed by atoms with Gasteiger partial charge in [-0.1, -0.05) is 12.8 Å². The van der Waals surface area contributed by atoms with Crippen LogP contribution in [0.25, 0.3) is 0 Å². The Hall–Kier alpha value is -2.39. The molecule has 3 fully saturated rings. The van der Waals surface area contributed by atoms with Crippen molar-refractivity contribution in [3.8, 4) is 5.88 Å². The predicted octanol–water partition coefficient (Wildman–Crippen LogP) is 2.82. The SMILES string of the molecule is COc1cc(Nc2cc(CO)[nH]n2)nc(N(C)C2C[C@H]3CCC[C@@H](C2)N3C2CCC2)n1. The number of aliphatic hydroxyl groups excluding tert-OH is 1. The summed E-state index contributed by atoms with van der Waals surface area (Å²) in [5.41, 5.74) is 0.644. The number of aromatic nitrogens is 4. The molecular weight excluding hydrogens is 394 g/mol. The fourth-order valence-electron chi connectivity index (χ4n) is 5.53. The normalized spacial score (nSPS) is 26.4. The first-order valence-electron chi connectivity index (χ1n) is 11.5. The molecule has 0 aromatic carbocycles. The van der Waals surface area contributed by atoms with Gasteiger partial charge in [-0.25, -0.2) is 0 Å². The lowest BCUT2D eigenvalue weighted by Crippen LogP contribution is -2.61.